The fourth-order valence-electron chi connectivity index (χ4n) is 1.74. The summed E-state index contributed by atoms with van der Waals surface area (Å²) >= 11 is 0. The zero-order chi connectivity index (χ0) is 6.70. The minimum absolute atomic E-state index is 0.0347. The summed E-state index contributed by atoms with van der Waals surface area (Å²) in [5, 5.41) is 0. The third-order valence-electron chi connectivity index (χ3n) is 2.92. The molecule has 2 aliphatic rings. The highest BCUT2D eigenvalue weighted by molar-refractivity contribution is 5.21. The van der Waals surface area contributed by atoms with Crippen molar-refractivity contribution in [2.24, 2.45) is 11.7 Å². The Hall–Kier alpha value is -0.0800. The second-order valence-corrected chi connectivity index (χ2v) is 3.76. The monoisotopic (exact) mass is 127 g/mol. The number of nitrogens with two attached hydrogens (primary N) is 1. The summed E-state index contributed by atoms with van der Waals surface area (Å²) in [5.74, 6) is 0.660. The van der Waals surface area contributed by atoms with E-state index in [1.807, 2.05) is 0 Å². The van der Waals surface area contributed by atoms with E-state index in [4.69, 9.17) is 10.5 Å². The van der Waals surface area contributed by atoms with Gasteiger partial charge in [0, 0.05) is 11.5 Å². The molecule has 2 nitrogen and oxygen atoms in total. The van der Waals surface area contributed by atoms with Crippen molar-refractivity contribution in [2.45, 2.75) is 31.4 Å². The molecule has 0 aromatic heterocycles. The first-order valence-electron chi connectivity index (χ1n) is 3.49. The van der Waals surface area contributed by atoms with E-state index in [1.165, 1.54) is 6.42 Å². The maximum absolute atomic E-state index is 6.00. The van der Waals surface area contributed by atoms with E-state index < -0.39 is 0 Å². The molecule has 2 N–H and O–H groups in total. The number of ether oxygens (including phenoxy) is 1. The molecule has 0 unspecified atom stereocenters. The van der Waals surface area contributed by atoms with Crippen LogP contribution in [0.2, 0.25) is 0 Å². The molecule has 1 saturated heterocycles. The van der Waals surface area contributed by atoms with Crippen LogP contribution in [0.1, 0.15) is 20.3 Å². The van der Waals surface area contributed by atoms with Crippen LogP contribution in [0.25, 0.3) is 0 Å². The third kappa shape index (κ3) is 0.485. The fraction of sp³-hybridized carbons (Fsp3) is 1.00. The van der Waals surface area contributed by atoms with E-state index in [2.05, 4.69) is 13.8 Å². The molecule has 2 heteroatoms. The quantitative estimate of drug-likeness (QED) is 0.514. The smallest absolute Gasteiger partial charge is 0.0808 e. The Bertz CT molecular complexity index is 150. The van der Waals surface area contributed by atoms with Crippen LogP contribution in [0.4, 0.5) is 0 Å². The van der Waals surface area contributed by atoms with Gasteiger partial charge in [-0.15, -0.1) is 0 Å². The van der Waals surface area contributed by atoms with Gasteiger partial charge < -0.3 is 10.5 Å². The summed E-state index contributed by atoms with van der Waals surface area (Å²) in [6.45, 7) is 5.05. The summed E-state index contributed by atoms with van der Waals surface area (Å²) < 4.78 is 5.48. The van der Waals surface area contributed by atoms with Crippen LogP contribution in [0.3, 0.4) is 0 Å². The minimum Gasteiger partial charge on any atom is -0.373 e. The summed E-state index contributed by atoms with van der Waals surface area (Å²) in [6.07, 6.45) is 1.17. The molecule has 0 aromatic carbocycles. The van der Waals surface area contributed by atoms with Crippen LogP contribution in [0, 0.1) is 5.92 Å². The number of hydrogen-bond donors (Lipinski definition) is 1. The van der Waals surface area contributed by atoms with Gasteiger partial charge in [-0.1, -0.05) is 0 Å². The van der Waals surface area contributed by atoms with Crippen molar-refractivity contribution < 1.29 is 4.74 Å². The summed E-state index contributed by atoms with van der Waals surface area (Å²) in [4.78, 5) is 0. The van der Waals surface area contributed by atoms with Crippen LogP contribution < -0.4 is 5.73 Å². The summed E-state index contributed by atoms with van der Waals surface area (Å²) in [7, 11) is 0. The minimum atomic E-state index is -0.0579. The average molecular weight is 127 g/mol. The molecule has 1 aliphatic carbocycles. The van der Waals surface area contributed by atoms with Crippen molar-refractivity contribution in [3.05, 3.63) is 0 Å². The Balaban J connectivity index is 2.28. The van der Waals surface area contributed by atoms with E-state index >= 15 is 0 Å². The van der Waals surface area contributed by atoms with E-state index in [1.54, 1.807) is 0 Å². The maximum Gasteiger partial charge on any atom is 0.0808 e. The van der Waals surface area contributed by atoms with E-state index in [-0.39, 0.29) is 11.1 Å². The molecule has 0 spiro atoms. The second-order valence-electron chi connectivity index (χ2n) is 3.76. The largest absolute Gasteiger partial charge is 0.373 e. The Morgan fingerprint density at radius 3 is 2.33 bits per heavy atom. The van der Waals surface area contributed by atoms with Gasteiger partial charge in [0.25, 0.3) is 0 Å². The highest BCUT2D eigenvalue weighted by atomic mass is 16.5. The predicted molar refractivity (Wildman–Crippen MR) is 35.1 cm³/mol. The first kappa shape index (κ1) is 5.69. The topological polar surface area (TPSA) is 35.2 Å². The lowest BCUT2D eigenvalue weighted by molar-refractivity contribution is -0.00123. The lowest BCUT2D eigenvalue weighted by Crippen LogP contribution is -2.44. The van der Waals surface area contributed by atoms with Gasteiger partial charge in [0.15, 0.2) is 0 Å². The van der Waals surface area contributed by atoms with Crippen molar-refractivity contribution in [3.8, 4) is 0 Å². The molecule has 0 radical (unpaired) electrons. The van der Waals surface area contributed by atoms with Crippen LogP contribution in [0.5, 0.6) is 0 Å². The van der Waals surface area contributed by atoms with Crippen molar-refractivity contribution in [1.29, 1.82) is 0 Å². The van der Waals surface area contributed by atoms with Gasteiger partial charge in [0.05, 0.1) is 12.2 Å². The fourth-order valence-corrected chi connectivity index (χ4v) is 1.74. The highest BCUT2D eigenvalue weighted by Crippen LogP contribution is 2.55. The standard InChI is InChI=1S/C7H13NO/c1-6(2)7(8)3-5(7)4-9-6/h5H,3-4,8H2,1-2H3/t5-,7-/m1/s1. The number of hydrogen-bond acceptors (Lipinski definition) is 2. The Morgan fingerprint density at radius 2 is 2.22 bits per heavy atom. The molecule has 1 aliphatic heterocycles. The molecule has 2 atom stereocenters. The molecule has 2 rings (SSSR count). The molecule has 0 aromatic rings. The molecule has 0 bridgehead atoms. The SMILES string of the molecule is CC1(C)OC[C@H]2C[C@@]21N. The molecule has 52 valence electrons. The van der Waals surface area contributed by atoms with Crippen molar-refractivity contribution >= 4 is 0 Å². The molecule has 1 saturated carbocycles. The molecular formula is C7H13NO. The lowest BCUT2D eigenvalue weighted by Gasteiger charge is -2.26. The highest BCUT2D eigenvalue weighted by Gasteiger charge is 2.65. The summed E-state index contributed by atoms with van der Waals surface area (Å²) in [6, 6.07) is 0. The van der Waals surface area contributed by atoms with Gasteiger partial charge in [-0.2, -0.15) is 0 Å². The van der Waals surface area contributed by atoms with E-state index in [9.17, 15) is 0 Å². The van der Waals surface area contributed by atoms with Gasteiger partial charge in [0.2, 0.25) is 0 Å². The average Bonchev–Trinajstić information content (AvgIpc) is 2.34. The van der Waals surface area contributed by atoms with Crippen molar-refractivity contribution in [1.82, 2.24) is 0 Å². The first-order valence-corrected chi connectivity index (χ1v) is 3.49. The number of fused-ring (bicyclic) bond motifs is 1. The van der Waals surface area contributed by atoms with Gasteiger partial charge in [-0.05, 0) is 20.3 Å². The maximum atomic E-state index is 6.00. The number of rotatable bonds is 0. The zero-order valence-electron chi connectivity index (χ0n) is 5.98. The Kier molecular flexibility index (Phi) is 0.746. The van der Waals surface area contributed by atoms with Gasteiger partial charge in [-0.3, -0.25) is 0 Å². The second kappa shape index (κ2) is 1.18. The third-order valence-corrected chi connectivity index (χ3v) is 2.92. The molecule has 9 heavy (non-hydrogen) atoms. The molecule has 2 fully saturated rings. The Morgan fingerprint density at radius 1 is 1.56 bits per heavy atom. The van der Waals surface area contributed by atoms with E-state index in [0.717, 1.165) is 6.61 Å². The lowest BCUT2D eigenvalue weighted by atomic mass is 9.97. The Labute approximate surface area is 55.4 Å². The summed E-state index contributed by atoms with van der Waals surface area (Å²) in [5.41, 5.74) is 5.98. The molecule has 1 heterocycles. The van der Waals surface area contributed by atoms with Crippen LogP contribution in [0.15, 0.2) is 0 Å². The van der Waals surface area contributed by atoms with Crippen LogP contribution in [-0.4, -0.2) is 17.7 Å². The molecule has 0 amide bonds. The van der Waals surface area contributed by atoms with E-state index in [0.29, 0.717) is 5.92 Å². The first-order chi connectivity index (χ1) is 4.06. The van der Waals surface area contributed by atoms with Gasteiger partial charge in [-0.25, -0.2) is 0 Å². The normalized spacial score (nSPS) is 53.0. The molecular weight excluding hydrogens is 114 g/mol. The van der Waals surface area contributed by atoms with Crippen LogP contribution >= 0.6 is 0 Å². The van der Waals surface area contributed by atoms with Crippen LogP contribution in [-0.2, 0) is 4.74 Å². The van der Waals surface area contributed by atoms with Crippen molar-refractivity contribution in [2.75, 3.05) is 6.61 Å². The predicted octanol–water partition coefficient (Wildman–Crippen LogP) is 0.513. The van der Waals surface area contributed by atoms with Gasteiger partial charge in [0.1, 0.15) is 0 Å². The van der Waals surface area contributed by atoms with Crippen molar-refractivity contribution in [3.63, 3.8) is 0 Å². The zero-order valence-corrected chi connectivity index (χ0v) is 5.98. The van der Waals surface area contributed by atoms with Gasteiger partial charge >= 0.3 is 0 Å².